The molecule has 6 aromatic carbocycles. The van der Waals surface area contributed by atoms with Crippen molar-refractivity contribution in [3.05, 3.63) is 155 Å². The first-order valence-electron chi connectivity index (χ1n) is 13.1. The Morgan fingerprint density at radius 1 is 0.447 bits per heavy atom. The maximum Gasteiger partial charge on any atom is 0.152 e. The molecule has 0 bridgehead atoms. The molecule has 2 heteroatoms. The van der Waals surface area contributed by atoms with E-state index in [0.29, 0.717) is 22.3 Å². The van der Waals surface area contributed by atoms with E-state index in [2.05, 4.69) is 36.4 Å². The molecule has 0 fully saturated rings. The fraction of sp³-hybridized carbons (Fsp3) is 0.111. The Bertz CT molecular complexity index is 1750. The van der Waals surface area contributed by atoms with Gasteiger partial charge in [0, 0.05) is 11.1 Å². The molecule has 7 rings (SSSR count). The fourth-order valence-corrected chi connectivity index (χ4v) is 6.54. The minimum atomic E-state index is -1.75. The molecule has 2 N–H and O–H groups in total. The predicted octanol–water partition coefficient (Wildman–Crippen LogP) is 7.76. The highest BCUT2D eigenvalue weighted by molar-refractivity contribution is 6.09. The van der Waals surface area contributed by atoms with Crippen molar-refractivity contribution in [3.63, 3.8) is 0 Å². The predicted molar refractivity (Wildman–Crippen MR) is 155 cm³/mol. The third kappa shape index (κ3) is 2.96. The SMILES string of the molecule is Cc1cccc([C@@]2(O)c3ccc4ccccc4c3-c3c(ccc4ccccc34)[C@]2(O)c2cccc(C)c2)c1. The van der Waals surface area contributed by atoms with E-state index in [1.807, 2.05) is 98.8 Å². The summed E-state index contributed by atoms with van der Waals surface area (Å²) in [5.74, 6) is 0. The summed E-state index contributed by atoms with van der Waals surface area (Å²) in [5, 5.41) is 30.7. The third-order valence-corrected chi connectivity index (χ3v) is 8.28. The van der Waals surface area contributed by atoms with Crippen LogP contribution in [0.3, 0.4) is 0 Å². The van der Waals surface area contributed by atoms with Crippen LogP contribution in [0.25, 0.3) is 32.7 Å². The van der Waals surface area contributed by atoms with Gasteiger partial charge in [-0.3, -0.25) is 0 Å². The summed E-state index contributed by atoms with van der Waals surface area (Å²) < 4.78 is 0. The summed E-state index contributed by atoms with van der Waals surface area (Å²) >= 11 is 0. The second-order valence-corrected chi connectivity index (χ2v) is 10.6. The highest BCUT2D eigenvalue weighted by atomic mass is 16.4. The van der Waals surface area contributed by atoms with Crippen molar-refractivity contribution in [3.8, 4) is 11.1 Å². The summed E-state index contributed by atoms with van der Waals surface area (Å²) in [7, 11) is 0. The lowest BCUT2D eigenvalue weighted by atomic mass is 9.59. The summed E-state index contributed by atoms with van der Waals surface area (Å²) in [6, 6.07) is 40.5. The van der Waals surface area contributed by atoms with E-state index >= 15 is 0 Å². The van der Waals surface area contributed by atoms with E-state index in [9.17, 15) is 10.2 Å². The third-order valence-electron chi connectivity index (χ3n) is 8.28. The largest absolute Gasteiger partial charge is 0.377 e. The molecule has 0 radical (unpaired) electrons. The number of hydrogen-bond acceptors (Lipinski definition) is 2. The number of aliphatic hydroxyl groups is 2. The van der Waals surface area contributed by atoms with Crippen molar-refractivity contribution in [2.45, 2.75) is 25.0 Å². The zero-order valence-corrected chi connectivity index (χ0v) is 21.4. The van der Waals surface area contributed by atoms with Crippen LogP contribution in [0.4, 0.5) is 0 Å². The van der Waals surface area contributed by atoms with Gasteiger partial charge in [-0.15, -0.1) is 0 Å². The van der Waals surface area contributed by atoms with Gasteiger partial charge in [-0.25, -0.2) is 0 Å². The van der Waals surface area contributed by atoms with Gasteiger partial charge in [0.1, 0.15) is 0 Å². The number of fused-ring (bicyclic) bond motifs is 7. The van der Waals surface area contributed by atoms with Gasteiger partial charge < -0.3 is 10.2 Å². The van der Waals surface area contributed by atoms with Gasteiger partial charge >= 0.3 is 0 Å². The Hall–Kier alpha value is -4.24. The van der Waals surface area contributed by atoms with E-state index in [0.717, 1.165) is 43.8 Å². The summed E-state index contributed by atoms with van der Waals surface area (Å²) in [5.41, 5.74) is 3.22. The molecule has 0 heterocycles. The molecule has 184 valence electrons. The molecular formula is C36H28O2. The average Bonchev–Trinajstić information content (AvgIpc) is 2.95. The van der Waals surface area contributed by atoms with Gasteiger partial charge in [-0.1, -0.05) is 132 Å². The number of benzene rings is 6. The molecule has 6 aromatic rings. The Labute approximate surface area is 222 Å². The highest BCUT2D eigenvalue weighted by Crippen LogP contribution is 2.60. The molecule has 1 aliphatic rings. The smallest absolute Gasteiger partial charge is 0.152 e. The summed E-state index contributed by atoms with van der Waals surface area (Å²) in [4.78, 5) is 0. The number of hydrogen-bond donors (Lipinski definition) is 2. The molecule has 1 aliphatic carbocycles. The maximum atomic E-state index is 13.2. The summed E-state index contributed by atoms with van der Waals surface area (Å²) in [6.45, 7) is 4.04. The molecule has 0 saturated carbocycles. The van der Waals surface area contributed by atoms with E-state index in [1.54, 1.807) is 0 Å². The lowest BCUT2D eigenvalue weighted by molar-refractivity contribution is -0.114. The Balaban J connectivity index is 1.75. The number of rotatable bonds is 2. The molecule has 0 spiro atoms. The van der Waals surface area contributed by atoms with Gasteiger partial charge in [0.05, 0.1) is 0 Å². The molecule has 2 atom stereocenters. The van der Waals surface area contributed by atoms with Crippen LogP contribution < -0.4 is 0 Å². The summed E-state index contributed by atoms with van der Waals surface area (Å²) in [6.07, 6.45) is 0. The molecule has 0 saturated heterocycles. The molecule has 2 nitrogen and oxygen atoms in total. The van der Waals surface area contributed by atoms with Gasteiger partial charge in [-0.2, -0.15) is 0 Å². The minimum absolute atomic E-state index is 0.664. The van der Waals surface area contributed by atoms with Gasteiger partial charge in [0.2, 0.25) is 0 Å². The second-order valence-electron chi connectivity index (χ2n) is 10.6. The molecule has 38 heavy (non-hydrogen) atoms. The molecule has 0 unspecified atom stereocenters. The molecule has 0 aromatic heterocycles. The zero-order valence-electron chi connectivity index (χ0n) is 21.4. The van der Waals surface area contributed by atoms with Crippen molar-refractivity contribution in [2.24, 2.45) is 0 Å². The zero-order chi connectivity index (χ0) is 26.1. The molecule has 0 aliphatic heterocycles. The van der Waals surface area contributed by atoms with Crippen LogP contribution >= 0.6 is 0 Å². The first-order valence-corrected chi connectivity index (χ1v) is 13.1. The molecular weight excluding hydrogens is 464 g/mol. The van der Waals surface area contributed by atoms with Crippen molar-refractivity contribution >= 4 is 21.5 Å². The van der Waals surface area contributed by atoms with Crippen molar-refractivity contribution in [1.29, 1.82) is 0 Å². The van der Waals surface area contributed by atoms with E-state index < -0.39 is 11.2 Å². The fourth-order valence-electron chi connectivity index (χ4n) is 6.54. The Morgan fingerprint density at radius 3 is 1.29 bits per heavy atom. The van der Waals surface area contributed by atoms with Gasteiger partial charge in [-0.05, 0) is 57.6 Å². The minimum Gasteiger partial charge on any atom is -0.377 e. The van der Waals surface area contributed by atoms with Gasteiger partial charge in [0.25, 0.3) is 0 Å². The van der Waals surface area contributed by atoms with Crippen molar-refractivity contribution in [2.75, 3.05) is 0 Å². The van der Waals surface area contributed by atoms with Crippen LogP contribution in [0.15, 0.2) is 121 Å². The van der Waals surface area contributed by atoms with Crippen LogP contribution in [0.5, 0.6) is 0 Å². The van der Waals surface area contributed by atoms with E-state index in [4.69, 9.17) is 0 Å². The van der Waals surface area contributed by atoms with Crippen LogP contribution in [-0.4, -0.2) is 10.2 Å². The topological polar surface area (TPSA) is 40.5 Å². The highest BCUT2D eigenvalue weighted by Gasteiger charge is 2.59. The second kappa shape index (κ2) is 8.13. The lowest BCUT2D eigenvalue weighted by Crippen LogP contribution is -2.53. The van der Waals surface area contributed by atoms with Crippen LogP contribution in [0.2, 0.25) is 0 Å². The Morgan fingerprint density at radius 2 is 0.868 bits per heavy atom. The van der Waals surface area contributed by atoms with Crippen LogP contribution in [0.1, 0.15) is 33.4 Å². The quantitative estimate of drug-likeness (QED) is 0.259. The number of aryl methyl sites for hydroxylation is 2. The first-order chi connectivity index (χ1) is 18.4. The molecule has 0 amide bonds. The van der Waals surface area contributed by atoms with E-state index in [1.165, 1.54) is 0 Å². The van der Waals surface area contributed by atoms with Crippen LogP contribution in [0, 0.1) is 13.8 Å². The van der Waals surface area contributed by atoms with Crippen molar-refractivity contribution in [1.82, 2.24) is 0 Å². The lowest BCUT2D eigenvalue weighted by Gasteiger charge is -2.50. The van der Waals surface area contributed by atoms with Crippen LogP contribution in [-0.2, 0) is 11.2 Å². The average molecular weight is 493 g/mol. The van der Waals surface area contributed by atoms with E-state index in [-0.39, 0.29) is 0 Å². The standard InChI is InChI=1S/C36H28O2/c1-23-9-7-13-27(21-23)35(37)31-19-17-25-11-3-5-15-29(25)33(31)34-30-16-6-4-12-26(30)18-20-32(34)36(35,38)28-14-8-10-24(2)22-28/h3-22,37-38H,1-2H3/t35-,36-/m1/s1. The Kier molecular flexibility index (Phi) is 4.90. The normalized spacial score (nSPS) is 20.3. The van der Waals surface area contributed by atoms with Crippen molar-refractivity contribution < 1.29 is 10.2 Å². The first kappa shape index (κ1) is 22.9. The van der Waals surface area contributed by atoms with Gasteiger partial charge in [0.15, 0.2) is 11.2 Å². The maximum absolute atomic E-state index is 13.2. The monoisotopic (exact) mass is 492 g/mol.